The first-order chi connectivity index (χ1) is 8.85. The standard InChI is InChI=1S/C14H17N3O/c1-2-18-13-8-4-3-7-12(13)17-14-11(10-15)6-5-9-16-14/h3-9H,2,10,15H2,1H3,(H,16,17). The van der Waals surface area contributed by atoms with Crippen LogP contribution in [0.1, 0.15) is 12.5 Å². The highest BCUT2D eigenvalue weighted by Gasteiger charge is 2.06. The van der Waals surface area contributed by atoms with Gasteiger partial charge in [0.1, 0.15) is 11.6 Å². The summed E-state index contributed by atoms with van der Waals surface area (Å²) in [6.45, 7) is 3.04. The zero-order chi connectivity index (χ0) is 12.8. The number of rotatable bonds is 5. The fourth-order valence-corrected chi connectivity index (χ4v) is 1.69. The van der Waals surface area contributed by atoms with Gasteiger partial charge in [-0.15, -0.1) is 0 Å². The quantitative estimate of drug-likeness (QED) is 0.847. The number of nitrogens with zero attached hydrogens (tertiary/aromatic N) is 1. The van der Waals surface area contributed by atoms with E-state index in [0.29, 0.717) is 13.2 Å². The van der Waals surface area contributed by atoms with Crippen molar-refractivity contribution in [3.8, 4) is 5.75 Å². The lowest BCUT2D eigenvalue weighted by atomic mass is 10.2. The summed E-state index contributed by atoms with van der Waals surface area (Å²) in [6.07, 6.45) is 1.74. The second-order valence-corrected chi connectivity index (χ2v) is 3.77. The van der Waals surface area contributed by atoms with Crippen LogP contribution in [0.15, 0.2) is 42.6 Å². The van der Waals surface area contributed by atoms with E-state index in [1.807, 2.05) is 43.3 Å². The van der Waals surface area contributed by atoms with Crippen LogP contribution in [0, 0.1) is 0 Å². The predicted octanol–water partition coefficient (Wildman–Crippen LogP) is 2.68. The van der Waals surface area contributed by atoms with Crippen LogP contribution >= 0.6 is 0 Å². The molecule has 0 amide bonds. The van der Waals surface area contributed by atoms with E-state index in [1.165, 1.54) is 0 Å². The summed E-state index contributed by atoms with van der Waals surface area (Å²) >= 11 is 0. The van der Waals surface area contributed by atoms with Gasteiger partial charge in [-0.1, -0.05) is 18.2 Å². The van der Waals surface area contributed by atoms with Gasteiger partial charge in [-0.05, 0) is 25.1 Å². The molecular weight excluding hydrogens is 226 g/mol. The van der Waals surface area contributed by atoms with Gasteiger partial charge in [-0.25, -0.2) is 4.98 Å². The molecule has 0 bridgehead atoms. The third-order valence-corrected chi connectivity index (χ3v) is 2.55. The number of hydrogen-bond acceptors (Lipinski definition) is 4. The molecule has 0 atom stereocenters. The summed E-state index contributed by atoms with van der Waals surface area (Å²) in [7, 11) is 0. The topological polar surface area (TPSA) is 60.2 Å². The Bertz CT molecular complexity index is 514. The van der Waals surface area contributed by atoms with Crippen molar-refractivity contribution >= 4 is 11.5 Å². The Balaban J connectivity index is 2.28. The first-order valence-electron chi connectivity index (χ1n) is 5.98. The summed E-state index contributed by atoms with van der Waals surface area (Å²) in [5.41, 5.74) is 7.56. The summed E-state index contributed by atoms with van der Waals surface area (Å²) in [6, 6.07) is 11.6. The molecular formula is C14H17N3O. The van der Waals surface area contributed by atoms with E-state index in [1.54, 1.807) is 6.20 Å². The van der Waals surface area contributed by atoms with Gasteiger partial charge in [0.05, 0.1) is 12.3 Å². The number of aromatic nitrogens is 1. The van der Waals surface area contributed by atoms with Crippen molar-refractivity contribution in [2.75, 3.05) is 11.9 Å². The van der Waals surface area contributed by atoms with Gasteiger partial charge in [0.25, 0.3) is 0 Å². The lowest BCUT2D eigenvalue weighted by Gasteiger charge is -2.13. The molecule has 4 heteroatoms. The molecule has 0 aliphatic rings. The highest BCUT2D eigenvalue weighted by molar-refractivity contribution is 5.65. The minimum atomic E-state index is 0.451. The first-order valence-corrected chi connectivity index (χ1v) is 5.98. The molecule has 0 aliphatic carbocycles. The normalized spacial score (nSPS) is 10.1. The second-order valence-electron chi connectivity index (χ2n) is 3.77. The Morgan fingerprint density at radius 1 is 1.22 bits per heavy atom. The van der Waals surface area contributed by atoms with E-state index in [9.17, 15) is 0 Å². The Kier molecular flexibility index (Phi) is 4.15. The van der Waals surface area contributed by atoms with Gasteiger partial charge in [0, 0.05) is 18.3 Å². The van der Waals surface area contributed by atoms with E-state index in [2.05, 4.69) is 10.3 Å². The van der Waals surface area contributed by atoms with Gasteiger partial charge in [-0.3, -0.25) is 0 Å². The maximum absolute atomic E-state index is 5.69. The van der Waals surface area contributed by atoms with E-state index >= 15 is 0 Å². The van der Waals surface area contributed by atoms with E-state index < -0.39 is 0 Å². The number of nitrogens with two attached hydrogens (primary N) is 1. The van der Waals surface area contributed by atoms with Crippen molar-refractivity contribution in [1.29, 1.82) is 0 Å². The zero-order valence-electron chi connectivity index (χ0n) is 10.4. The fourth-order valence-electron chi connectivity index (χ4n) is 1.69. The highest BCUT2D eigenvalue weighted by Crippen LogP contribution is 2.27. The number of para-hydroxylation sites is 2. The average Bonchev–Trinajstić information content (AvgIpc) is 2.42. The van der Waals surface area contributed by atoms with Crippen LogP contribution in [-0.4, -0.2) is 11.6 Å². The van der Waals surface area contributed by atoms with Crippen LogP contribution in [-0.2, 0) is 6.54 Å². The zero-order valence-corrected chi connectivity index (χ0v) is 10.4. The van der Waals surface area contributed by atoms with Crippen molar-refractivity contribution < 1.29 is 4.74 Å². The van der Waals surface area contributed by atoms with Crippen molar-refractivity contribution in [2.24, 2.45) is 5.73 Å². The molecule has 2 aromatic rings. The molecule has 0 unspecified atom stereocenters. The van der Waals surface area contributed by atoms with Crippen molar-refractivity contribution in [3.05, 3.63) is 48.2 Å². The van der Waals surface area contributed by atoms with Crippen LogP contribution < -0.4 is 15.8 Å². The monoisotopic (exact) mass is 243 g/mol. The van der Waals surface area contributed by atoms with Gasteiger partial charge in [0.15, 0.2) is 0 Å². The maximum Gasteiger partial charge on any atom is 0.142 e. The molecule has 4 nitrogen and oxygen atoms in total. The van der Waals surface area contributed by atoms with Crippen LogP contribution in [0.3, 0.4) is 0 Å². The third kappa shape index (κ3) is 2.78. The predicted molar refractivity (Wildman–Crippen MR) is 73.0 cm³/mol. The smallest absolute Gasteiger partial charge is 0.142 e. The van der Waals surface area contributed by atoms with Crippen LogP contribution in [0.25, 0.3) is 0 Å². The SMILES string of the molecule is CCOc1ccccc1Nc1ncccc1CN. The third-order valence-electron chi connectivity index (χ3n) is 2.55. The van der Waals surface area contributed by atoms with E-state index in [0.717, 1.165) is 22.8 Å². The fraction of sp³-hybridized carbons (Fsp3) is 0.214. The summed E-state index contributed by atoms with van der Waals surface area (Å²) < 4.78 is 5.56. The first kappa shape index (κ1) is 12.4. The molecule has 94 valence electrons. The van der Waals surface area contributed by atoms with Crippen LogP contribution in [0.5, 0.6) is 5.75 Å². The molecule has 2 rings (SSSR count). The minimum absolute atomic E-state index is 0.451. The molecule has 1 aromatic carbocycles. The Hall–Kier alpha value is -2.07. The largest absolute Gasteiger partial charge is 0.492 e. The molecule has 0 saturated heterocycles. The Morgan fingerprint density at radius 3 is 2.83 bits per heavy atom. The summed E-state index contributed by atoms with van der Waals surface area (Å²) in [4.78, 5) is 4.30. The molecule has 3 N–H and O–H groups in total. The molecule has 1 heterocycles. The van der Waals surface area contributed by atoms with Crippen LogP contribution in [0.2, 0.25) is 0 Å². The molecule has 0 spiro atoms. The van der Waals surface area contributed by atoms with Crippen LogP contribution in [0.4, 0.5) is 11.5 Å². The van der Waals surface area contributed by atoms with Gasteiger partial charge in [-0.2, -0.15) is 0 Å². The number of anilines is 2. The lowest BCUT2D eigenvalue weighted by Crippen LogP contribution is -2.04. The van der Waals surface area contributed by atoms with Crippen molar-refractivity contribution in [3.63, 3.8) is 0 Å². The molecule has 0 fully saturated rings. The lowest BCUT2D eigenvalue weighted by molar-refractivity contribution is 0.342. The van der Waals surface area contributed by atoms with Crippen molar-refractivity contribution in [1.82, 2.24) is 4.98 Å². The number of pyridine rings is 1. The van der Waals surface area contributed by atoms with Crippen molar-refractivity contribution in [2.45, 2.75) is 13.5 Å². The molecule has 0 radical (unpaired) electrons. The van der Waals surface area contributed by atoms with Gasteiger partial charge < -0.3 is 15.8 Å². The number of hydrogen-bond donors (Lipinski definition) is 2. The number of benzene rings is 1. The molecule has 1 aromatic heterocycles. The maximum atomic E-state index is 5.69. The molecule has 0 saturated carbocycles. The summed E-state index contributed by atoms with van der Waals surface area (Å²) in [5, 5.41) is 3.26. The number of ether oxygens (including phenoxy) is 1. The Morgan fingerprint density at radius 2 is 2.06 bits per heavy atom. The average molecular weight is 243 g/mol. The van der Waals surface area contributed by atoms with E-state index in [-0.39, 0.29) is 0 Å². The molecule has 0 aliphatic heterocycles. The second kappa shape index (κ2) is 6.02. The van der Waals surface area contributed by atoms with E-state index in [4.69, 9.17) is 10.5 Å². The summed E-state index contributed by atoms with van der Waals surface area (Å²) in [5.74, 6) is 1.58. The van der Waals surface area contributed by atoms with Gasteiger partial charge in [0.2, 0.25) is 0 Å². The molecule has 18 heavy (non-hydrogen) atoms. The minimum Gasteiger partial charge on any atom is -0.492 e. The highest BCUT2D eigenvalue weighted by atomic mass is 16.5. The number of nitrogens with one attached hydrogen (secondary N) is 1. The Labute approximate surface area is 107 Å². The van der Waals surface area contributed by atoms with Gasteiger partial charge >= 0.3 is 0 Å².